The van der Waals surface area contributed by atoms with Gasteiger partial charge in [-0.1, -0.05) is 41.5 Å². The summed E-state index contributed by atoms with van der Waals surface area (Å²) in [5, 5.41) is 0. The normalized spacial score (nSPS) is 14.9. The Balaban J connectivity index is 2.98. The SMILES string of the molecule is CC(C)(C)CC(c1ccncc1)C(C)(C)C. The average molecular weight is 219 g/mol. The Morgan fingerprint density at radius 3 is 1.88 bits per heavy atom. The van der Waals surface area contributed by atoms with E-state index in [2.05, 4.69) is 58.7 Å². The van der Waals surface area contributed by atoms with Crippen molar-refractivity contribution in [2.45, 2.75) is 53.9 Å². The van der Waals surface area contributed by atoms with Gasteiger partial charge in [0.05, 0.1) is 0 Å². The molecule has 1 heteroatoms. The fourth-order valence-corrected chi connectivity index (χ4v) is 2.13. The fourth-order valence-electron chi connectivity index (χ4n) is 2.13. The van der Waals surface area contributed by atoms with Gasteiger partial charge in [0.2, 0.25) is 0 Å². The topological polar surface area (TPSA) is 12.9 Å². The minimum atomic E-state index is 0.300. The van der Waals surface area contributed by atoms with Crippen molar-refractivity contribution in [1.29, 1.82) is 0 Å². The number of nitrogens with zero attached hydrogens (tertiary/aromatic N) is 1. The Morgan fingerprint density at radius 1 is 1.00 bits per heavy atom. The van der Waals surface area contributed by atoms with Crippen LogP contribution < -0.4 is 0 Å². The van der Waals surface area contributed by atoms with Crippen LogP contribution in [-0.4, -0.2) is 4.98 Å². The second kappa shape index (κ2) is 4.57. The first kappa shape index (κ1) is 13.2. The van der Waals surface area contributed by atoms with Gasteiger partial charge in [-0.15, -0.1) is 0 Å². The molecule has 0 aliphatic heterocycles. The average Bonchev–Trinajstić information content (AvgIpc) is 2.13. The van der Waals surface area contributed by atoms with Crippen LogP contribution in [0.25, 0.3) is 0 Å². The maximum Gasteiger partial charge on any atom is 0.0270 e. The lowest BCUT2D eigenvalue weighted by Gasteiger charge is -2.36. The first-order chi connectivity index (χ1) is 7.20. The Bertz CT molecular complexity index is 314. The van der Waals surface area contributed by atoms with Gasteiger partial charge in [0.1, 0.15) is 0 Å². The van der Waals surface area contributed by atoms with Crippen LogP contribution >= 0.6 is 0 Å². The summed E-state index contributed by atoms with van der Waals surface area (Å²) in [4.78, 5) is 4.11. The summed E-state index contributed by atoms with van der Waals surface area (Å²) >= 11 is 0. The number of pyridine rings is 1. The Kier molecular flexibility index (Phi) is 3.77. The predicted octanol–water partition coefficient (Wildman–Crippen LogP) is 4.65. The number of aromatic nitrogens is 1. The van der Waals surface area contributed by atoms with Gasteiger partial charge in [-0.3, -0.25) is 4.98 Å². The molecular weight excluding hydrogens is 194 g/mol. The Labute approximate surface area is 100 Å². The summed E-state index contributed by atoms with van der Waals surface area (Å²) < 4.78 is 0. The molecule has 0 bridgehead atoms. The highest BCUT2D eigenvalue weighted by molar-refractivity contribution is 5.18. The molecule has 1 nitrogen and oxygen atoms in total. The summed E-state index contributed by atoms with van der Waals surface area (Å²) in [5.74, 6) is 0.593. The molecule has 0 saturated carbocycles. The van der Waals surface area contributed by atoms with Crippen LogP contribution in [0, 0.1) is 10.8 Å². The van der Waals surface area contributed by atoms with Crippen LogP contribution in [0.4, 0.5) is 0 Å². The molecule has 0 fully saturated rings. The molecule has 1 heterocycles. The van der Waals surface area contributed by atoms with Crippen LogP contribution in [-0.2, 0) is 0 Å². The van der Waals surface area contributed by atoms with E-state index in [-0.39, 0.29) is 0 Å². The van der Waals surface area contributed by atoms with Crippen molar-refractivity contribution in [2.24, 2.45) is 10.8 Å². The zero-order valence-corrected chi connectivity index (χ0v) is 11.5. The van der Waals surface area contributed by atoms with Crippen molar-refractivity contribution in [3.8, 4) is 0 Å². The molecule has 90 valence electrons. The number of hydrogen-bond donors (Lipinski definition) is 0. The van der Waals surface area contributed by atoms with E-state index >= 15 is 0 Å². The minimum Gasteiger partial charge on any atom is -0.265 e. The van der Waals surface area contributed by atoms with E-state index in [9.17, 15) is 0 Å². The first-order valence-corrected chi connectivity index (χ1v) is 6.10. The highest BCUT2D eigenvalue weighted by Crippen LogP contribution is 2.42. The highest BCUT2D eigenvalue weighted by atomic mass is 14.6. The van der Waals surface area contributed by atoms with E-state index in [4.69, 9.17) is 0 Å². The summed E-state index contributed by atoms with van der Waals surface area (Å²) in [6.07, 6.45) is 5.01. The molecule has 0 aliphatic carbocycles. The third-order valence-corrected chi connectivity index (χ3v) is 2.97. The lowest BCUT2D eigenvalue weighted by atomic mass is 9.69. The highest BCUT2D eigenvalue weighted by Gasteiger charge is 2.30. The van der Waals surface area contributed by atoms with Gasteiger partial charge in [0.15, 0.2) is 0 Å². The Hall–Kier alpha value is -0.850. The van der Waals surface area contributed by atoms with Crippen LogP contribution in [0.3, 0.4) is 0 Å². The second-order valence-electron chi connectivity index (χ2n) is 6.96. The zero-order valence-electron chi connectivity index (χ0n) is 11.5. The van der Waals surface area contributed by atoms with E-state index in [1.54, 1.807) is 0 Å². The van der Waals surface area contributed by atoms with Crippen molar-refractivity contribution in [3.63, 3.8) is 0 Å². The molecule has 0 amide bonds. The lowest BCUT2D eigenvalue weighted by molar-refractivity contribution is 0.229. The molecule has 16 heavy (non-hydrogen) atoms. The minimum absolute atomic E-state index is 0.300. The molecule has 1 rings (SSSR count). The molecule has 0 spiro atoms. The second-order valence-corrected chi connectivity index (χ2v) is 6.96. The predicted molar refractivity (Wildman–Crippen MR) is 70.5 cm³/mol. The van der Waals surface area contributed by atoms with Gasteiger partial charge in [-0.25, -0.2) is 0 Å². The molecule has 0 N–H and O–H groups in total. The third-order valence-electron chi connectivity index (χ3n) is 2.97. The van der Waals surface area contributed by atoms with Gasteiger partial charge in [0, 0.05) is 12.4 Å². The fraction of sp³-hybridized carbons (Fsp3) is 0.667. The molecule has 1 atom stereocenters. The quantitative estimate of drug-likeness (QED) is 0.705. The number of hydrogen-bond acceptors (Lipinski definition) is 1. The van der Waals surface area contributed by atoms with Crippen LogP contribution in [0.5, 0.6) is 0 Å². The largest absolute Gasteiger partial charge is 0.265 e. The van der Waals surface area contributed by atoms with E-state index in [0.29, 0.717) is 16.7 Å². The van der Waals surface area contributed by atoms with Crippen LogP contribution in [0.1, 0.15) is 59.4 Å². The van der Waals surface area contributed by atoms with Crippen LogP contribution in [0.2, 0.25) is 0 Å². The van der Waals surface area contributed by atoms with Crippen molar-refractivity contribution in [1.82, 2.24) is 4.98 Å². The van der Waals surface area contributed by atoms with Gasteiger partial charge < -0.3 is 0 Å². The zero-order chi connectivity index (χ0) is 12.4. The first-order valence-electron chi connectivity index (χ1n) is 6.10. The van der Waals surface area contributed by atoms with E-state index in [0.717, 1.165) is 0 Å². The molecular formula is C15H25N. The smallest absolute Gasteiger partial charge is 0.0270 e. The molecule has 0 aromatic carbocycles. The maximum absolute atomic E-state index is 4.11. The lowest BCUT2D eigenvalue weighted by Crippen LogP contribution is -2.23. The van der Waals surface area contributed by atoms with Crippen molar-refractivity contribution in [2.75, 3.05) is 0 Å². The standard InChI is InChI=1S/C15H25N/c1-14(2,3)11-13(15(4,5)6)12-7-9-16-10-8-12/h7-10,13H,11H2,1-6H3. The van der Waals surface area contributed by atoms with Crippen LogP contribution in [0.15, 0.2) is 24.5 Å². The van der Waals surface area contributed by atoms with Crippen molar-refractivity contribution < 1.29 is 0 Å². The Morgan fingerprint density at radius 2 is 1.50 bits per heavy atom. The molecule has 1 aromatic rings. The van der Waals surface area contributed by atoms with Gasteiger partial charge in [-0.2, -0.15) is 0 Å². The van der Waals surface area contributed by atoms with E-state index in [1.807, 2.05) is 12.4 Å². The van der Waals surface area contributed by atoms with Crippen molar-refractivity contribution >= 4 is 0 Å². The van der Waals surface area contributed by atoms with E-state index < -0.39 is 0 Å². The third kappa shape index (κ3) is 3.96. The van der Waals surface area contributed by atoms with Crippen molar-refractivity contribution in [3.05, 3.63) is 30.1 Å². The monoisotopic (exact) mass is 219 g/mol. The van der Waals surface area contributed by atoms with Gasteiger partial charge in [-0.05, 0) is 40.9 Å². The number of rotatable bonds is 2. The summed E-state index contributed by atoms with van der Waals surface area (Å²) in [7, 11) is 0. The molecule has 1 aromatic heterocycles. The van der Waals surface area contributed by atoms with Gasteiger partial charge >= 0.3 is 0 Å². The summed E-state index contributed by atoms with van der Waals surface area (Å²) in [6, 6.07) is 4.31. The molecule has 0 radical (unpaired) electrons. The van der Waals surface area contributed by atoms with Gasteiger partial charge in [0.25, 0.3) is 0 Å². The summed E-state index contributed by atoms with van der Waals surface area (Å²) in [5.41, 5.74) is 2.08. The maximum atomic E-state index is 4.11. The summed E-state index contributed by atoms with van der Waals surface area (Å²) in [6.45, 7) is 13.9. The molecule has 0 aliphatic rings. The van der Waals surface area contributed by atoms with E-state index in [1.165, 1.54) is 12.0 Å². The molecule has 1 unspecified atom stereocenters. The molecule has 0 saturated heterocycles.